The number of ether oxygens (including phenoxy) is 1. The zero-order valence-corrected chi connectivity index (χ0v) is 21.4. The lowest BCUT2D eigenvalue weighted by molar-refractivity contribution is -0.172. The number of anilines is 1. The van der Waals surface area contributed by atoms with Gasteiger partial charge in [-0.15, -0.1) is 0 Å². The molecule has 7 heteroatoms. The molecule has 2 fully saturated rings. The van der Waals surface area contributed by atoms with Crippen molar-refractivity contribution < 1.29 is 24.9 Å². The third-order valence-corrected chi connectivity index (χ3v) is 9.74. The number of aliphatic hydroxyl groups is 2. The summed E-state index contributed by atoms with van der Waals surface area (Å²) >= 11 is 0. The number of carbonyl (C=O) groups is 1. The van der Waals surface area contributed by atoms with E-state index in [1.54, 1.807) is 6.07 Å². The van der Waals surface area contributed by atoms with Crippen LogP contribution >= 0.6 is 0 Å². The Bertz CT molecular complexity index is 1360. The van der Waals surface area contributed by atoms with Crippen LogP contribution in [0.5, 0.6) is 11.5 Å². The minimum atomic E-state index is -1.31. The third kappa shape index (κ3) is 3.04. The Kier molecular flexibility index (Phi) is 4.84. The van der Waals surface area contributed by atoms with Crippen molar-refractivity contribution in [1.82, 2.24) is 4.90 Å². The lowest BCUT2D eigenvalue weighted by atomic mass is 9.49. The van der Waals surface area contributed by atoms with E-state index in [1.165, 1.54) is 18.4 Å². The number of piperidine rings is 1. The fourth-order valence-corrected chi connectivity index (χ4v) is 7.65. The summed E-state index contributed by atoms with van der Waals surface area (Å²) in [5.74, 6) is 0.454. The van der Waals surface area contributed by atoms with Crippen LogP contribution in [0.3, 0.4) is 0 Å². The molecule has 1 amide bonds. The van der Waals surface area contributed by atoms with Gasteiger partial charge in [0, 0.05) is 30.3 Å². The maximum Gasteiger partial charge on any atom is 0.255 e. The molecule has 2 bridgehead atoms. The van der Waals surface area contributed by atoms with E-state index in [4.69, 9.17) is 4.74 Å². The van der Waals surface area contributed by atoms with Crippen molar-refractivity contribution in [3.63, 3.8) is 0 Å². The Labute approximate surface area is 216 Å². The van der Waals surface area contributed by atoms with Crippen LogP contribution in [-0.4, -0.2) is 57.0 Å². The Morgan fingerprint density at radius 2 is 2.03 bits per heavy atom. The normalized spacial score (nSPS) is 31.6. The Morgan fingerprint density at radius 1 is 1.22 bits per heavy atom. The molecule has 5 aliphatic rings. The summed E-state index contributed by atoms with van der Waals surface area (Å²) < 4.78 is 6.28. The quantitative estimate of drug-likeness (QED) is 0.495. The van der Waals surface area contributed by atoms with E-state index in [-0.39, 0.29) is 29.5 Å². The molecule has 2 aromatic carbocycles. The molecule has 0 aromatic heterocycles. The molecule has 7 nitrogen and oxygen atoms in total. The van der Waals surface area contributed by atoms with Gasteiger partial charge in [-0.05, 0) is 80.3 Å². The molecule has 2 aromatic rings. The number of aryl methyl sites for hydroxylation is 2. The zero-order valence-electron chi connectivity index (χ0n) is 21.4. The molecular formula is C30H34N2O5. The summed E-state index contributed by atoms with van der Waals surface area (Å²) in [6.45, 7) is 5.77. The number of hydrogen-bond donors (Lipinski definition) is 4. The summed E-state index contributed by atoms with van der Waals surface area (Å²) in [5.41, 5.74) is 2.65. The number of aromatic hydroxyl groups is 1. The number of nitrogens with zero attached hydrogens (tertiary/aromatic N) is 1. The van der Waals surface area contributed by atoms with Crippen molar-refractivity contribution in [3.05, 3.63) is 63.9 Å². The maximum atomic E-state index is 13.7. The number of phenols is 1. The minimum Gasteiger partial charge on any atom is -0.508 e. The average molecular weight is 503 g/mol. The number of likely N-dealkylation sites (tertiary alicyclic amines) is 1. The number of phenolic OH excluding ortho intramolecular Hbond substituents is 1. The summed E-state index contributed by atoms with van der Waals surface area (Å²) in [6.07, 6.45) is 3.69. The molecule has 37 heavy (non-hydrogen) atoms. The predicted molar refractivity (Wildman–Crippen MR) is 139 cm³/mol. The van der Waals surface area contributed by atoms with Crippen LogP contribution in [0.15, 0.2) is 41.7 Å². The molecule has 4 N–H and O–H groups in total. The van der Waals surface area contributed by atoms with Crippen LogP contribution < -0.4 is 10.1 Å². The first-order valence-corrected chi connectivity index (χ1v) is 13.6. The van der Waals surface area contributed by atoms with Crippen molar-refractivity contribution >= 4 is 11.6 Å². The fraction of sp³-hybridized carbons (Fsp3) is 0.500. The van der Waals surface area contributed by atoms with Gasteiger partial charge in [0.1, 0.15) is 5.76 Å². The van der Waals surface area contributed by atoms with Crippen LogP contribution in [0, 0.1) is 12.8 Å². The molecule has 2 heterocycles. The fourth-order valence-electron chi connectivity index (χ4n) is 7.65. The first-order valence-electron chi connectivity index (χ1n) is 13.6. The summed E-state index contributed by atoms with van der Waals surface area (Å²) in [4.78, 5) is 16.1. The molecule has 3 aliphatic carbocycles. The van der Waals surface area contributed by atoms with Crippen molar-refractivity contribution in [1.29, 1.82) is 0 Å². The molecule has 0 radical (unpaired) electrons. The van der Waals surface area contributed by atoms with Gasteiger partial charge in [0.05, 0.1) is 16.6 Å². The second-order valence-electron chi connectivity index (χ2n) is 11.7. The Balaban J connectivity index is 1.33. The number of carbonyl (C=O) groups excluding carboxylic acids is 1. The van der Waals surface area contributed by atoms with Gasteiger partial charge in [-0.2, -0.15) is 0 Å². The minimum absolute atomic E-state index is 0.00850. The second-order valence-corrected chi connectivity index (χ2v) is 11.7. The number of aliphatic hydroxyl groups excluding tert-OH is 1. The van der Waals surface area contributed by atoms with E-state index in [9.17, 15) is 20.1 Å². The van der Waals surface area contributed by atoms with E-state index in [0.717, 1.165) is 36.2 Å². The molecule has 1 spiro atoms. The first kappa shape index (κ1) is 23.1. The van der Waals surface area contributed by atoms with Crippen molar-refractivity contribution in [2.75, 3.05) is 18.4 Å². The van der Waals surface area contributed by atoms with Gasteiger partial charge in [-0.1, -0.05) is 25.1 Å². The van der Waals surface area contributed by atoms with Crippen LogP contribution in [-0.2, 0) is 23.1 Å². The lowest BCUT2D eigenvalue weighted by Crippen LogP contribution is -2.75. The van der Waals surface area contributed by atoms with Gasteiger partial charge in [0.2, 0.25) is 0 Å². The van der Waals surface area contributed by atoms with Gasteiger partial charge in [0.15, 0.2) is 17.6 Å². The standard InChI is InChI=1S/C30H34N2O5/c1-3-17-6-8-21(16(2)12-17)31-28(35)20-14-30(36)23-13-19-7-9-22(33)26-24(19)29(30,27(37-26)25(20)34)10-11-32(23)15-18-4-5-18/h6-9,12,18,23,27,33-34,36H,3-5,10-11,13-15H2,1-2H3,(H,31,35)/t23-,27+,29+,30-/m1/s1. The van der Waals surface area contributed by atoms with Gasteiger partial charge in [-0.25, -0.2) is 0 Å². The molecular weight excluding hydrogens is 468 g/mol. The molecule has 194 valence electrons. The molecule has 4 atom stereocenters. The van der Waals surface area contributed by atoms with Crippen LogP contribution in [0.1, 0.15) is 54.9 Å². The molecule has 0 unspecified atom stereocenters. The molecule has 2 aliphatic heterocycles. The summed E-state index contributed by atoms with van der Waals surface area (Å²) in [5, 5.41) is 38.0. The number of amides is 1. The zero-order chi connectivity index (χ0) is 25.7. The lowest BCUT2D eigenvalue weighted by Gasteiger charge is -2.62. The highest BCUT2D eigenvalue weighted by Gasteiger charge is 2.73. The molecule has 1 saturated heterocycles. The van der Waals surface area contributed by atoms with Crippen molar-refractivity contribution in [2.45, 2.75) is 75.5 Å². The third-order valence-electron chi connectivity index (χ3n) is 9.74. The topological polar surface area (TPSA) is 102 Å². The smallest absolute Gasteiger partial charge is 0.255 e. The van der Waals surface area contributed by atoms with Gasteiger partial charge >= 0.3 is 0 Å². The predicted octanol–water partition coefficient (Wildman–Crippen LogP) is 3.89. The SMILES string of the molecule is CCc1ccc(NC(=O)C2=C(O)[C@@H]3Oc4c(O)ccc5c4[C@@]34CCN(CC3CC3)[C@H](C5)[C@]4(O)C2)c(C)c1. The van der Waals surface area contributed by atoms with E-state index in [1.807, 2.05) is 25.1 Å². The molecule has 7 rings (SSSR count). The van der Waals surface area contributed by atoms with Crippen LogP contribution in [0.4, 0.5) is 5.69 Å². The highest BCUT2D eigenvalue weighted by atomic mass is 16.5. The van der Waals surface area contributed by atoms with E-state index in [0.29, 0.717) is 30.2 Å². The summed E-state index contributed by atoms with van der Waals surface area (Å²) in [7, 11) is 0. The van der Waals surface area contributed by atoms with Gasteiger partial charge < -0.3 is 25.4 Å². The highest BCUT2D eigenvalue weighted by Crippen LogP contribution is 2.66. The average Bonchev–Trinajstić information content (AvgIpc) is 3.62. The summed E-state index contributed by atoms with van der Waals surface area (Å²) in [6, 6.07) is 9.31. The number of rotatable bonds is 5. The maximum absolute atomic E-state index is 13.7. The number of nitrogens with one attached hydrogen (secondary N) is 1. The second kappa shape index (κ2) is 7.74. The van der Waals surface area contributed by atoms with Gasteiger partial charge in [0.25, 0.3) is 5.91 Å². The monoisotopic (exact) mass is 502 g/mol. The van der Waals surface area contributed by atoms with Crippen molar-refractivity contribution in [2.24, 2.45) is 5.92 Å². The number of benzene rings is 2. The van der Waals surface area contributed by atoms with E-state index in [2.05, 4.69) is 23.2 Å². The van der Waals surface area contributed by atoms with E-state index >= 15 is 0 Å². The van der Waals surface area contributed by atoms with Crippen molar-refractivity contribution in [3.8, 4) is 11.5 Å². The molecule has 1 saturated carbocycles. The van der Waals surface area contributed by atoms with Gasteiger partial charge in [-0.3, -0.25) is 9.69 Å². The number of hydrogen-bond acceptors (Lipinski definition) is 6. The van der Waals surface area contributed by atoms with Crippen LogP contribution in [0.25, 0.3) is 0 Å². The highest BCUT2D eigenvalue weighted by molar-refractivity contribution is 6.05. The Morgan fingerprint density at radius 3 is 2.76 bits per heavy atom. The first-order chi connectivity index (χ1) is 17.8. The Hall–Kier alpha value is -3.03. The largest absolute Gasteiger partial charge is 0.508 e. The van der Waals surface area contributed by atoms with Crippen LogP contribution in [0.2, 0.25) is 0 Å². The van der Waals surface area contributed by atoms with E-state index < -0.39 is 23.0 Å².